The third-order valence-electron chi connectivity index (χ3n) is 2.82. The molecule has 120 valence electrons. The lowest BCUT2D eigenvalue weighted by atomic mass is 10.2. The van der Waals surface area contributed by atoms with Gasteiger partial charge in [-0.15, -0.1) is 0 Å². The number of likely N-dealkylation sites (N-methyl/N-ethyl adjacent to an activating group) is 1. The van der Waals surface area contributed by atoms with Crippen molar-refractivity contribution in [1.82, 2.24) is 10.3 Å². The van der Waals surface area contributed by atoms with Gasteiger partial charge in [0.1, 0.15) is 5.75 Å². The van der Waals surface area contributed by atoms with Gasteiger partial charge in [-0.25, -0.2) is 0 Å². The lowest BCUT2D eigenvalue weighted by Gasteiger charge is -2.08. The fourth-order valence-electron chi connectivity index (χ4n) is 1.77. The van der Waals surface area contributed by atoms with Crippen molar-refractivity contribution in [2.45, 2.75) is 6.92 Å². The molecule has 1 heterocycles. The number of anilines is 1. The maximum absolute atomic E-state index is 12.1. The van der Waals surface area contributed by atoms with Crippen LogP contribution in [0.4, 0.5) is 5.69 Å². The maximum Gasteiger partial charge on any atom is 0.257 e. The molecule has 0 saturated carbocycles. The molecule has 2 aromatic rings. The van der Waals surface area contributed by atoms with Gasteiger partial charge in [0.05, 0.1) is 5.56 Å². The number of aromatic nitrogens is 1. The molecule has 0 radical (unpaired) electrons. The van der Waals surface area contributed by atoms with E-state index in [4.69, 9.17) is 4.74 Å². The molecule has 7 heteroatoms. The van der Waals surface area contributed by atoms with Crippen molar-refractivity contribution in [3.8, 4) is 5.75 Å². The summed E-state index contributed by atoms with van der Waals surface area (Å²) in [5.74, 6) is 0.125. The molecular formula is C16H16BrN3O3. The van der Waals surface area contributed by atoms with E-state index in [0.717, 1.165) is 4.47 Å². The minimum Gasteiger partial charge on any atom is -0.484 e. The second-order valence-corrected chi connectivity index (χ2v) is 5.53. The minimum atomic E-state index is -0.255. The minimum absolute atomic E-state index is 0.0384. The highest BCUT2D eigenvalue weighted by Crippen LogP contribution is 2.17. The van der Waals surface area contributed by atoms with Gasteiger partial charge in [-0.1, -0.05) is 0 Å². The maximum atomic E-state index is 12.1. The first-order valence-corrected chi connectivity index (χ1v) is 7.79. The SMILES string of the molecule is CCNC(=O)COc1ccc(NC(=O)c2cncc(Br)c2)cc1. The van der Waals surface area contributed by atoms with E-state index in [1.165, 1.54) is 6.20 Å². The Morgan fingerprint density at radius 1 is 1.22 bits per heavy atom. The van der Waals surface area contributed by atoms with Crippen molar-refractivity contribution in [1.29, 1.82) is 0 Å². The van der Waals surface area contributed by atoms with Crippen LogP contribution in [0.5, 0.6) is 5.75 Å². The molecular weight excluding hydrogens is 362 g/mol. The number of amides is 2. The Morgan fingerprint density at radius 3 is 2.61 bits per heavy atom. The Kier molecular flexibility index (Phi) is 6.10. The Balaban J connectivity index is 1.92. The number of nitrogens with one attached hydrogen (secondary N) is 2. The van der Waals surface area contributed by atoms with Crippen LogP contribution in [-0.4, -0.2) is 29.9 Å². The summed E-state index contributed by atoms with van der Waals surface area (Å²) in [5.41, 5.74) is 1.08. The number of ether oxygens (including phenoxy) is 1. The summed E-state index contributed by atoms with van der Waals surface area (Å²) in [4.78, 5) is 27.3. The van der Waals surface area contributed by atoms with Crippen LogP contribution in [0, 0.1) is 0 Å². The lowest BCUT2D eigenvalue weighted by molar-refractivity contribution is -0.122. The van der Waals surface area contributed by atoms with Gasteiger partial charge in [0.25, 0.3) is 11.8 Å². The van der Waals surface area contributed by atoms with E-state index < -0.39 is 0 Å². The summed E-state index contributed by atoms with van der Waals surface area (Å²) >= 11 is 3.27. The summed E-state index contributed by atoms with van der Waals surface area (Å²) in [6, 6.07) is 8.47. The van der Waals surface area contributed by atoms with Gasteiger partial charge in [0.15, 0.2) is 6.61 Å². The summed E-state index contributed by atoms with van der Waals surface area (Å²) in [5, 5.41) is 5.41. The molecule has 0 unspecified atom stereocenters. The van der Waals surface area contributed by atoms with E-state index in [1.54, 1.807) is 36.5 Å². The molecule has 0 atom stereocenters. The third-order valence-corrected chi connectivity index (χ3v) is 3.26. The van der Waals surface area contributed by atoms with Gasteiger partial charge >= 0.3 is 0 Å². The highest BCUT2D eigenvalue weighted by Gasteiger charge is 2.07. The molecule has 23 heavy (non-hydrogen) atoms. The van der Waals surface area contributed by atoms with Crippen LogP contribution in [0.1, 0.15) is 17.3 Å². The molecule has 2 N–H and O–H groups in total. The standard InChI is InChI=1S/C16H16BrN3O3/c1-2-19-15(21)10-23-14-5-3-13(4-6-14)20-16(22)11-7-12(17)9-18-8-11/h3-9H,2,10H2,1H3,(H,19,21)(H,20,22). The van der Waals surface area contributed by atoms with Crippen LogP contribution < -0.4 is 15.4 Å². The predicted octanol–water partition coefficient (Wildman–Crippen LogP) is 2.61. The molecule has 0 aliphatic carbocycles. The van der Waals surface area contributed by atoms with E-state index in [1.807, 2.05) is 6.92 Å². The van der Waals surface area contributed by atoms with E-state index in [2.05, 4.69) is 31.5 Å². The van der Waals surface area contributed by atoms with E-state index in [0.29, 0.717) is 23.5 Å². The van der Waals surface area contributed by atoms with Gasteiger partial charge in [0.2, 0.25) is 0 Å². The van der Waals surface area contributed by atoms with Gasteiger partial charge in [0, 0.05) is 29.1 Å². The number of hydrogen-bond donors (Lipinski definition) is 2. The van der Waals surface area contributed by atoms with Crippen LogP contribution >= 0.6 is 15.9 Å². The number of pyridine rings is 1. The number of halogens is 1. The zero-order valence-corrected chi connectivity index (χ0v) is 14.1. The second kappa shape index (κ2) is 8.28. The van der Waals surface area contributed by atoms with Gasteiger partial charge < -0.3 is 15.4 Å². The van der Waals surface area contributed by atoms with Crippen LogP contribution in [0.25, 0.3) is 0 Å². The molecule has 0 bridgehead atoms. The quantitative estimate of drug-likeness (QED) is 0.810. The monoisotopic (exact) mass is 377 g/mol. The number of carbonyl (C=O) groups is 2. The second-order valence-electron chi connectivity index (χ2n) is 4.61. The van der Waals surface area contributed by atoms with E-state index in [-0.39, 0.29) is 18.4 Å². The first-order chi connectivity index (χ1) is 11.1. The summed E-state index contributed by atoms with van der Waals surface area (Å²) in [7, 11) is 0. The summed E-state index contributed by atoms with van der Waals surface area (Å²) < 4.78 is 6.08. The highest BCUT2D eigenvalue weighted by atomic mass is 79.9. The molecule has 0 saturated heterocycles. The molecule has 0 aliphatic rings. The average molecular weight is 378 g/mol. The van der Waals surface area contributed by atoms with Crippen molar-refractivity contribution in [3.05, 3.63) is 52.8 Å². The highest BCUT2D eigenvalue weighted by molar-refractivity contribution is 9.10. The summed E-state index contributed by atoms with van der Waals surface area (Å²) in [6.45, 7) is 2.37. The van der Waals surface area contributed by atoms with Crippen LogP contribution in [0.3, 0.4) is 0 Å². The number of nitrogens with zero attached hydrogens (tertiary/aromatic N) is 1. The fraction of sp³-hybridized carbons (Fsp3) is 0.188. The van der Waals surface area contributed by atoms with Gasteiger partial charge in [-0.2, -0.15) is 0 Å². The van der Waals surface area contributed by atoms with E-state index >= 15 is 0 Å². The van der Waals surface area contributed by atoms with Gasteiger partial charge in [-0.05, 0) is 53.2 Å². The Labute approximate surface area is 142 Å². The normalized spacial score (nSPS) is 10.0. The predicted molar refractivity (Wildman–Crippen MR) is 90.5 cm³/mol. The molecule has 1 aromatic heterocycles. The molecule has 0 aliphatic heterocycles. The van der Waals surface area contributed by atoms with E-state index in [9.17, 15) is 9.59 Å². The number of rotatable bonds is 6. The molecule has 2 amide bonds. The topological polar surface area (TPSA) is 80.3 Å². The number of hydrogen-bond acceptors (Lipinski definition) is 4. The van der Waals surface area contributed by atoms with Crippen LogP contribution in [0.15, 0.2) is 47.2 Å². The van der Waals surface area contributed by atoms with Gasteiger partial charge in [-0.3, -0.25) is 14.6 Å². The number of carbonyl (C=O) groups excluding carboxylic acids is 2. The average Bonchev–Trinajstić information content (AvgIpc) is 2.54. The molecule has 0 spiro atoms. The van der Waals surface area contributed by atoms with Crippen molar-refractivity contribution >= 4 is 33.4 Å². The van der Waals surface area contributed by atoms with Crippen molar-refractivity contribution in [3.63, 3.8) is 0 Å². The molecule has 2 rings (SSSR count). The first kappa shape index (κ1) is 17.0. The van der Waals surface area contributed by atoms with Crippen LogP contribution in [0.2, 0.25) is 0 Å². The van der Waals surface area contributed by atoms with Crippen molar-refractivity contribution in [2.24, 2.45) is 0 Å². The lowest BCUT2D eigenvalue weighted by Crippen LogP contribution is -2.28. The molecule has 0 fully saturated rings. The van der Waals surface area contributed by atoms with Crippen LogP contribution in [-0.2, 0) is 4.79 Å². The first-order valence-electron chi connectivity index (χ1n) is 7.00. The smallest absolute Gasteiger partial charge is 0.257 e. The largest absolute Gasteiger partial charge is 0.484 e. The molecule has 6 nitrogen and oxygen atoms in total. The zero-order valence-electron chi connectivity index (χ0n) is 12.5. The van der Waals surface area contributed by atoms with Crippen molar-refractivity contribution < 1.29 is 14.3 Å². The Morgan fingerprint density at radius 2 is 1.96 bits per heavy atom. The summed E-state index contributed by atoms with van der Waals surface area (Å²) in [6.07, 6.45) is 3.10. The Hall–Kier alpha value is -2.41. The molecule has 1 aromatic carbocycles. The number of benzene rings is 1. The zero-order chi connectivity index (χ0) is 16.7. The fourth-order valence-corrected chi connectivity index (χ4v) is 2.14. The Bertz CT molecular complexity index is 689. The van der Waals surface area contributed by atoms with Crippen molar-refractivity contribution in [2.75, 3.05) is 18.5 Å². The third kappa shape index (κ3) is 5.37.